The van der Waals surface area contributed by atoms with Crippen molar-refractivity contribution >= 4 is 18.7 Å². The maximum atomic E-state index is 12.1. The van der Waals surface area contributed by atoms with Crippen LogP contribution in [0.2, 0.25) is 0 Å². The third-order valence-electron chi connectivity index (χ3n) is 4.12. The van der Waals surface area contributed by atoms with Crippen molar-refractivity contribution in [2.75, 3.05) is 13.1 Å². The van der Waals surface area contributed by atoms with Crippen LogP contribution in [0.25, 0.3) is 0 Å². The van der Waals surface area contributed by atoms with Crippen LogP contribution in [-0.4, -0.2) is 48.3 Å². The van der Waals surface area contributed by atoms with Gasteiger partial charge in [-0.25, -0.2) is 4.79 Å². The van der Waals surface area contributed by atoms with Gasteiger partial charge in [-0.15, -0.1) is 0 Å². The monoisotopic (exact) mass is 346 g/mol. The van der Waals surface area contributed by atoms with Gasteiger partial charge < -0.3 is 14.8 Å². The molecular weight excluding hydrogens is 320 g/mol. The summed E-state index contributed by atoms with van der Waals surface area (Å²) in [5, 5.41) is 2.69. The first-order valence-electron chi connectivity index (χ1n) is 8.58. The number of aldehydes is 2. The normalized spacial score (nSPS) is 17.6. The van der Waals surface area contributed by atoms with Crippen LogP contribution in [0, 0.1) is 0 Å². The standard InChI is InChI=1S/C19H26N2O4/c1-19(2,3)25-18(24)20-16(13-23)17(21-10-4-5-11-21)15-8-6-14(12-22)7-9-15/h6-9,12-13,16-17H,4-5,10-11H2,1-3H3,(H,20,24). The van der Waals surface area contributed by atoms with E-state index >= 15 is 0 Å². The first-order valence-corrected chi connectivity index (χ1v) is 8.58. The van der Waals surface area contributed by atoms with Gasteiger partial charge >= 0.3 is 6.09 Å². The lowest BCUT2D eigenvalue weighted by Gasteiger charge is -2.33. The molecule has 136 valence electrons. The van der Waals surface area contributed by atoms with E-state index in [4.69, 9.17) is 4.74 Å². The number of ether oxygens (including phenoxy) is 1. The maximum absolute atomic E-state index is 12.1. The van der Waals surface area contributed by atoms with E-state index in [1.54, 1.807) is 32.9 Å². The molecule has 1 aliphatic rings. The van der Waals surface area contributed by atoms with Crippen LogP contribution in [0.1, 0.15) is 55.6 Å². The molecule has 1 aliphatic heterocycles. The van der Waals surface area contributed by atoms with Gasteiger partial charge in [0.05, 0.1) is 6.04 Å². The van der Waals surface area contributed by atoms with E-state index in [9.17, 15) is 14.4 Å². The van der Waals surface area contributed by atoms with E-state index in [1.165, 1.54) is 0 Å². The van der Waals surface area contributed by atoms with E-state index in [0.29, 0.717) is 5.56 Å². The molecule has 0 aliphatic carbocycles. The molecule has 1 aromatic carbocycles. The third kappa shape index (κ3) is 5.39. The summed E-state index contributed by atoms with van der Waals surface area (Å²) in [5.74, 6) is 0. The van der Waals surface area contributed by atoms with Crippen molar-refractivity contribution in [3.63, 3.8) is 0 Å². The number of carbonyl (C=O) groups is 3. The zero-order valence-electron chi connectivity index (χ0n) is 15.0. The molecule has 0 bridgehead atoms. The summed E-state index contributed by atoms with van der Waals surface area (Å²) in [5.41, 5.74) is 0.832. The summed E-state index contributed by atoms with van der Waals surface area (Å²) < 4.78 is 5.28. The van der Waals surface area contributed by atoms with Crippen molar-refractivity contribution in [3.05, 3.63) is 35.4 Å². The minimum Gasteiger partial charge on any atom is -0.444 e. The molecule has 2 atom stereocenters. The highest BCUT2D eigenvalue weighted by molar-refractivity contribution is 5.75. The third-order valence-corrected chi connectivity index (χ3v) is 4.12. The van der Waals surface area contributed by atoms with Gasteiger partial charge in [-0.2, -0.15) is 0 Å². The topological polar surface area (TPSA) is 75.7 Å². The lowest BCUT2D eigenvalue weighted by atomic mass is 9.97. The predicted octanol–water partition coefficient (Wildman–Crippen LogP) is 2.73. The van der Waals surface area contributed by atoms with Crippen LogP contribution < -0.4 is 5.32 Å². The number of nitrogens with zero attached hydrogens (tertiary/aromatic N) is 1. The van der Waals surface area contributed by atoms with E-state index < -0.39 is 17.7 Å². The van der Waals surface area contributed by atoms with Gasteiger partial charge in [-0.1, -0.05) is 24.3 Å². The lowest BCUT2D eigenvalue weighted by Crippen LogP contribution is -2.48. The Morgan fingerprint density at radius 2 is 1.76 bits per heavy atom. The van der Waals surface area contributed by atoms with Gasteiger partial charge in [0.1, 0.15) is 24.2 Å². The average molecular weight is 346 g/mol. The summed E-state index contributed by atoms with van der Waals surface area (Å²) in [6.45, 7) is 7.05. The molecule has 0 saturated carbocycles. The maximum Gasteiger partial charge on any atom is 0.408 e. The second-order valence-corrected chi connectivity index (χ2v) is 7.28. The summed E-state index contributed by atoms with van der Waals surface area (Å²) in [6, 6.07) is 6.10. The molecule has 1 amide bonds. The van der Waals surface area contributed by atoms with Gasteiger partial charge in [0.2, 0.25) is 0 Å². The number of alkyl carbamates (subject to hydrolysis) is 1. The van der Waals surface area contributed by atoms with Crippen LogP contribution in [0.5, 0.6) is 0 Å². The van der Waals surface area contributed by atoms with Crippen molar-refractivity contribution in [3.8, 4) is 0 Å². The van der Waals surface area contributed by atoms with Crippen LogP contribution in [-0.2, 0) is 9.53 Å². The van der Waals surface area contributed by atoms with Gasteiger partial charge in [0.25, 0.3) is 0 Å². The zero-order chi connectivity index (χ0) is 18.4. The average Bonchev–Trinajstić information content (AvgIpc) is 3.07. The van der Waals surface area contributed by atoms with Crippen LogP contribution in [0.15, 0.2) is 24.3 Å². The van der Waals surface area contributed by atoms with Gasteiger partial charge in [-0.3, -0.25) is 9.69 Å². The first kappa shape index (κ1) is 19.1. The Bertz CT molecular complexity index is 601. The lowest BCUT2D eigenvalue weighted by molar-refractivity contribution is -0.111. The number of likely N-dealkylation sites (tertiary alicyclic amines) is 1. The Morgan fingerprint density at radius 1 is 1.16 bits per heavy atom. The Morgan fingerprint density at radius 3 is 2.24 bits per heavy atom. The highest BCUT2D eigenvalue weighted by Crippen LogP contribution is 2.28. The van der Waals surface area contributed by atoms with Crippen molar-refractivity contribution in [2.24, 2.45) is 0 Å². The SMILES string of the molecule is CC(C)(C)OC(=O)NC(C=O)C(c1ccc(C=O)cc1)N1CCCC1. The molecule has 0 aromatic heterocycles. The van der Waals surface area contributed by atoms with Crippen molar-refractivity contribution in [1.82, 2.24) is 10.2 Å². The predicted molar refractivity (Wildman–Crippen MR) is 94.6 cm³/mol. The fraction of sp³-hybridized carbons (Fsp3) is 0.526. The largest absolute Gasteiger partial charge is 0.444 e. The Hall–Kier alpha value is -2.21. The molecule has 2 unspecified atom stereocenters. The Kier molecular flexibility index (Phi) is 6.31. The molecule has 1 heterocycles. The molecule has 0 radical (unpaired) electrons. The smallest absolute Gasteiger partial charge is 0.408 e. The second kappa shape index (κ2) is 8.25. The molecular formula is C19H26N2O4. The van der Waals surface area contributed by atoms with Crippen LogP contribution >= 0.6 is 0 Å². The number of hydrogen-bond acceptors (Lipinski definition) is 5. The highest BCUT2D eigenvalue weighted by atomic mass is 16.6. The molecule has 1 aromatic rings. The molecule has 25 heavy (non-hydrogen) atoms. The number of nitrogens with one attached hydrogen (secondary N) is 1. The summed E-state index contributed by atoms with van der Waals surface area (Å²) in [6.07, 6.45) is 3.03. The van der Waals surface area contributed by atoms with Crippen LogP contribution in [0.3, 0.4) is 0 Å². The molecule has 2 rings (SSSR count). The zero-order valence-corrected chi connectivity index (χ0v) is 15.0. The number of benzene rings is 1. The number of amides is 1. The fourth-order valence-electron chi connectivity index (χ4n) is 3.07. The minimum atomic E-state index is -0.727. The van der Waals surface area contributed by atoms with E-state index in [2.05, 4.69) is 10.2 Å². The summed E-state index contributed by atoms with van der Waals surface area (Å²) in [4.78, 5) is 36.9. The quantitative estimate of drug-likeness (QED) is 0.802. The Balaban J connectivity index is 2.23. The summed E-state index contributed by atoms with van der Waals surface area (Å²) >= 11 is 0. The molecule has 0 spiro atoms. The van der Waals surface area contributed by atoms with Crippen molar-refractivity contribution in [2.45, 2.75) is 51.3 Å². The van der Waals surface area contributed by atoms with Crippen molar-refractivity contribution < 1.29 is 19.1 Å². The van der Waals surface area contributed by atoms with Crippen LogP contribution in [0.4, 0.5) is 4.79 Å². The molecule has 1 saturated heterocycles. The number of rotatable bonds is 6. The van der Waals surface area contributed by atoms with E-state index in [1.807, 2.05) is 12.1 Å². The molecule has 1 fully saturated rings. The molecule has 1 N–H and O–H groups in total. The van der Waals surface area contributed by atoms with Crippen molar-refractivity contribution in [1.29, 1.82) is 0 Å². The number of carbonyl (C=O) groups excluding carboxylic acids is 3. The van der Waals surface area contributed by atoms with Gasteiger partial charge in [-0.05, 0) is 52.3 Å². The van der Waals surface area contributed by atoms with Gasteiger partial charge in [0, 0.05) is 5.56 Å². The van der Waals surface area contributed by atoms with E-state index in [-0.39, 0.29) is 6.04 Å². The minimum absolute atomic E-state index is 0.284. The number of hydrogen-bond donors (Lipinski definition) is 1. The highest BCUT2D eigenvalue weighted by Gasteiger charge is 2.32. The fourth-order valence-corrected chi connectivity index (χ4v) is 3.07. The Labute approximate surface area is 148 Å². The van der Waals surface area contributed by atoms with Gasteiger partial charge in [0.15, 0.2) is 0 Å². The molecule has 6 heteroatoms. The van der Waals surface area contributed by atoms with E-state index in [0.717, 1.165) is 44.1 Å². The first-order chi connectivity index (χ1) is 11.8. The molecule has 6 nitrogen and oxygen atoms in total. The summed E-state index contributed by atoms with van der Waals surface area (Å²) in [7, 11) is 0. The second-order valence-electron chi connectivity index (χ2n) is 7.28.